The molecule has 0 unspecified atom stereocenters. The Labute approximate surface area is 117 Å². The fraction of sp³-hybridized carbons (Fsp3) is 0.467. The van der Waals surface area contributed by atoms with Crippen molar-refractivity contribution in [1.29, 1.82) is 0 Å². The minimum absolute atomic E-state index is 0.166. The number of rotatable bonds is 4. The lowest BCUT2D eigenvalue weighted by Gasteiger charge is -2.21. The third-order valence-corrected chi connectivity index (χ3v) is 3.71. The molecule has 1 aliphatic rings. The van der Waals surface area contributed by atoms with Crippen LogP contribution in [0, 0.1) is 5.95 Å². The van der Waals surface area contributed by atoms with Gasteiger partial charge in [0.2, 0.25) is 0 Å². The zero-order valence-electron chi connectivity index (χ0n) is 11.3. The van der Waals surface area contributed by atoms with Gasteiger partial charge in [0.1, 0.15) is 6.61 Å². The highest BCUT2D eigenvalue weighted by Crippen LogP contribution is 2.27. The minimum atomic E-state index is -0.584. The van der Waals surface area contributed by atoms with Crippen LogP contribution < -0.4 is 4.74 Å². The van der Waals surface area contributed by atoms with E-state index in [0.29, 0.717) is 6.04 Å². The lowest BCUT2D eigenvalue weighted by Crippen LogP contribution is -2.13. The second-order valence-electron chi connectivity index (χ2n) is 5.16. The Hall–Kier alpha value is -1.91. The van der Waals surface area contributed by atoms with Gasteiger partial charge in [-0.15, -0.1) is 0 Å². The van der Waals surface area contributed by atoms with Crippen molar-refractivity contribution in [1.82, 2.24) is 14.8 Å². The predicted octanol–water partition coefficient (Wildman–Crippen LogP) is 3.50. The van der Waals surface area contributed by atoms with E-state index in [0.717, 1.165) is 5.69 Å². The minimum Gasteiger partial charge on any atom is -0.482 e. The summed E-state index contributed by atoms with van der Waals surface area (Å²) >= 11 is 0. The molecule has 0 N–H and O–H groups in total. The standard InChI is InChI=1S/C15H18FN3O/c16-15-14(7-4-9-17-15)20-11-12-8-10-19(18-12)13-5-2-1-3-6-13/h4,7-10,13H,1-3,5-6,11H2. The summed E-state index contributed by atoms with van der Waals surface area (Å²) in [6.07, 6.45) is 9.66. The van der Waals surface area contributed by atoms with Crippen LogP contribution in [-0.2, 0) is 6.61 Å². The normalized spacial score (nSPS) is 16.2. The largest absolute Gasteiger partial charge is 0.482 e. The summed E-state index contributed by atoms with van der Waals surface area (Å²) in [5.41, 5.74) is 0.818. The molecule has 5 heteroatoms. The Morgan fingerprint density at radius 1 is 1.25 bits per heavy atom. The molecule has 2 heterocycles. The van der Waals surface area contributed by atoms with E-state index in [9.17, 15) is 4.39 Å². The van der Waals surface area contributed by atoms with Crippen molar-refractivity contribution in [3.05, 3.63) is 42.2 Å². The maximum atomic E-state index is 13.3. The fourth-order valence-corrected chi connectivity index (χ4v) is 2.63. The van der Waals surface area contributed by atoms with Gasteiger partial charge in [-0.3, -0.25) is 4.68 Å². The van der Waals surface area contributed by atoms with Gasteiger partial charge in [0.05, 0.1) is 11.7 Å². The van der Waals surface area contributed by atoms with Gasteiger partial charge >= 0.3 is 0 Å². The third kappa shape index (κ3) is 2.98. The van der Waals surface area contributed by atoms with E-state index in [2.05, 4.69) is 10.1 Å². The summed E-state index contributed by atoms with van der Waals surface area (Å²) in [5, 5.41) is 4.53. The van der Waals surface area contributed by atoms with E-state index < -0.39 is 5.95 Å². The highest BCUT2D eigenvalue weighted by Gasteiger charge is 2.16. The average Bonchev–Trinajstić information content (AvgIpc) is 2.96. The van der Waals surface area contributed by atoms with Crippen LogP contribution in [0.4, 0.5) is 4.39 Å². The highest BCUT2D eigenvalue weighted by molar-refractivity contribution is 5.18. The van der Waals surface area contributed by atoms with Crippen LogP contribution in [0.5, 0.6) is 5.75 Å². The van der Waals surface area contributed by atoms with Gasteiger partial charge in [-0.2, -0.15) is 9.49 Å². The number of hydrogen-bond donors (Lipinski definition) is 0. The van der Waals surface area contributed by atoms with E-state index in [1.54, 1.807) is 12.1 Å². The second kappa shape index (κ2) is 6.03. The molecule has 0 atom stereocenters. The van der Waals surface area contributed by atoms with Crippen molar-refractivity contribution >= 4 is 0 Å². The smallest absolute Gasteiger partial charge is 0.255 e. The number of nitrogens with zero attached hydrogens (tertiary/aromatic N) is 3. The summed E-state index contributed by atoms with van der Waals surface area (Å²) in [6.45, 7) is 0.266. The fourth-order valence-electron chi connectivity index (χ4n) is 2.63. The first kappa shape index (κ1) is 13.1. The average molecular weight is 275 g/mol. The van der Waals surface area contributed by atoms with Crippen LogP contribution in [0.2, 0.25) is 0 Å². The lowest BCUT2D eigenvalue weighted by atomic mass is 9.96. The van der Waals surface area contributed by atoms with Gasteiger partial charge in [0, 0.05) is 12.4 Å². The van der Waals surface area contributed by atoms with Crippen molar-refractivity contribution in [3.8, 4) is 5.75 Å². The molecule has 0 aliphatic heterocycles. The van der Waals surface area contributed by atoms with E-state index >= 15 is 0 Å². The van der Waals surface area contributed by atoms with Crippen molar-refractivity contribution in [2.45, 2.75) is 44.8 Å². The molecule has 0 bridgehead atoms. The lowest BCUT2D eigenvalue weighted by molar-refractivity contribution is 0.275. The molecule has 0 aromatic carbocycles. The van der Waals surface area contributed by atoms with Crippen LogP contribution >= 0.6 is 0 Å². The van der Waals surface area contributed by atoms with Crippen LogP contribution in [0.1, 0.15) is 43.8 Å². The Bertz CT molecular complexity index is 564. The molecule has 4 nitrogen and oxygen atoms in total. The van der Waals surface area contributed by atoms with Crippen LogP contribution in [0.3, 0.4) is 0 Å². The number of aromatic nitrogens is 3. The molecule has 20 heavy (non-hydrogen) atoms. The Morgan fingerprint density at radius 3 is 2.90 bits per heavy atom. The molecule has 0 radical (unpaired) electrons. The van der Waals surface area contributed by atoms with Crippen LogP contribution in [0.15, 0.2) is 30.6 Å². The molecule has 1 saturated carbocycles. The van der Waals surface area contributed by atoms with Gasteiger partial charge in [-0.1, -0.05) is 19.3 Å². The van der Waals surface area contributed by atoms with Gasteiger partial charge in [0.25, 0.3) is 5.95 Å². The number of halogens is 1. The summed E-state index contributed by atoms with van der Waals surface area (Å²) in [4.78, 5) is 3.55. The van der Waals surface area contributed by atoms with Crippen molar-refractivity contribution < 1.29 is 9.13 Å². The summed E-state index contributed by atoms with van der Waals surface area (Å²) in [5.74, 6) is -0.418. The molecule has 1 fully saturated rings. The SMILES string of the molecule is Fc1ncccc1OCc1ccn(C2CCCCC2)n1. The Morgan fingerprint density at radius 2 is 2.10 bits per heavy atom. The predicted molar refractivity (Wildman–Crippen MR) is 72.9 cm³/mol. The number of ether oxygens (including phenoxy) is 1. The van der Waals surface area contributed by atoms with E-state index in [1.807, 2.05) is 16.9 Å². The third-order valence-electron chi connectivity index (χ3n) is 3.71. The van der Waals surface area contributed by atoms with Crippen LogP contribution in [-0.4, -0.2) is 14.8 Å². The monoisotopic (exact) mass is 275 g/mol. The summed E-state index contributed by atoms with van der Waals surface area (Å²) < 4.78 is 20.8. The Kier molecular flexibility index (Phi) is 3.95. The first-order valence-corrected chi connectivity index (χ1v) is 7.10. The molecule has 2 aromatic rings. The van der Waals surface area contributed by atoms with Crippen molar-refractivity contribution in [2.24, 2.45) is 0 Å². The zero-order valence-corrected chi connectivity index (χ0v) is 11.3. The number of hydrogen-bond acceptors (Lipinski definition) is 3. The Balaban J connectivity index is 1.61. The van der Waals surface area contributed by atoms with Crippen molar-refractivity contribution in [3.63, 3.8) is 0 Å². The zero-order chi connectivity index (χ0) is 13.8. The maximum Gasteiger partial charge on any atom is 0.255 e. The molecule has 0 saturated heterocycles. The van der Waals surface area contributed by atoms with E-state index in [-0.39, 0.29) is 12.4 Å². The van der Waals surface area contributed by atoms with Gasteiger partial charge < -0.3 is 4.74 Å². The molecule has 0 amide bonds. The molecule has 106 valence electrons. The van der Waals surface area contributed by atoms with E-state index in [1.165, 1.54) is 38.3 Å². The van der Waals surface area contributed by atoms with E-state index in [4.69, 9.17) is 4.74 Å². The first-order chi connectivity index (χ1) is 9.83. The van der Waals surface area contributed by atoms with Gasteiger partial charge in [0.15, 0.2) is 5.75 Å². The van der Waals surface area contributed by atoms with Gasteiger partial charge in [-0.25, -0.2) is 4.98 Å². The summed E-state index contributed by atoms with van der Waals surface area (Å²) in [7, 11) is 0. The topological polar surface area (TPSA) is 39.9 Å². The molecule has 0 spiro atoms. The highest BCUT2D eigenvalue weighted by atomic mass is 19.1. The maximum absolute atomic E-state index is 13.3. The molecule has 2 aromatic heterocycles. The number of pyridine rings is 1. The molecular weight excluding hydrogens is 257 g/mol. The second-order valence-corrected chi connectivity index (χ2v) is 5.16. The first-order valence-electron chi connectivity index (χ1n) is 7.10. The molecule has 3 rings (SSSR count). The van der Waals surface area contributed by atoms with Crippen LogP contribution in [0.25, 0.3) is 0 Å². The quantitative estimate of drug-likeness (QED) is 0.802. The molecular formula is C15H18FN3O. The molecule has 1 aliphatic carbocycles. The van der Waals surface area contributed by atoms with Crippen molar-refractivity contribution in [2.75, 3.05) is 0 Å². The van der Waals surface area contributed by atoms with Gasteiger partial charge in [-0.05, 0) is 31.0 Å². The summed E-state index contributed by atoms with van der Waals surface area (Å²) in [6, 6.07) is 5.66.